The first-order valence-corrected chi connectivity index (χ1v) is 7.39. The minimum Gasteiger partial charge on any atom is -0.376 e. The highest BCUT2D eigenvalue weighted by atomic mass is 35.5. The lowest BCUT2D eigenvalue weighted by Gasteiger charge is -2.16. The van der Waals surface area contributed by atoms with Gasteiger partial charge in [0.15, 0.2) is 0 Å². The molecule has 0 aliphatic heterocycles. The largest absolute Gasteiger partial charge is 0.376 e. The molecule has 2 aromatic carbocycles. The van der Waals surface area contributed by atoms with E-state index >= 15 is 0 Å². The summed E-state index contributed by atoms with van der Waals surface area (Å²) in [7, 11) is 0. The number of carbonyl (C=O) groups is 1. The average Bonchev–Trinajstić information content (AvgIpc) is 2.49. The van der Waals surface area contributed by atoms with E-state index in [0.717, 1.165) is 16.8 Å². The fourth-order valence-corrected chi connectivity index (χ4v) is 2.28. The van der Waals surface area contributed by atoms with E-state index in [2.05, 4.69) is 10.6 Å². The van der Waals surface area contributed by atoms with Crippen molar-refractivity contribution in [1.29, 1.82) is 0 Å². The number of rotatable bonds is 5. The molecule has 2 N–H and O–H groups in total. The summed E-state index contributed by atoms with van der Waals surface area (Å²) >= 11 is 6.04. The lowest BCUT2D eigenvalue weighted by Crippen LogP contribution is -2.32. The van der Waals surface area contributed by atoms with Crippen LogP contribution in [0, 0.1) is 12.7 Å². The Bertz CT molecular complexity index is 658. The van der Waals surface area contributed by atoms with Crippen LogP contribution in [0.5, 0.6) is 0 Å². The monoisotopic (exact) mass is 320 g/mol. The van der Waals surface area contributed by atoms with Crippen molar-refractivity contribution >= 4 is 23.2 Å². The topological polar surface area (TPSA) is 41.1 Å². The molecule has 5 heteroatoms. The van der Waals surface area contributed by atoms with Gasteiger partial charge in [0.25, 0.3) is 0 Å². The third-order valence-electron chi connectivity index (χ3n) is 3.45. The zero-order chi connectivity index (χ0) is 16.1. The van der Waals surface area contributed by atoms with E-state index in [9.17, 15) is 9.18 Å². The number of carbonyl (C=O) groups excluding carboxylic acids is 1. The summed E-state index contributed by atoms with van der Waals surface area (Å²) in [6.45, 7) is 3.90. The number of amides is 1. The van der Waals surface area contributed by atoms with Crippen LogP contribution in [0.2, 0.25) is 5.02 Å². The molecule has 1 atom stereocenters. The smallest absolute Gasteiger partial charge is 0.239 e. The average molecular weight is 321 g/mol. The number of benzene rings is 2. The second kappa shape index (κ2) is 7.27. The van der Waals surface area contributed by atoms with Crippen molar-refractivity contribution in [1.82, 2.24) is 5.32 Å². The predicted octanol–water partition coefficient (Wildman–Crippen LogP) is 4.08. The van der Waals surface area contributed by atoms with Crippen LogP contribution < -0.4 is 10.6 Å². The van der Waals surface area contributed by atoms with E-state index in [0.29, 0.717) is 5.02 Å². The lowest BCUT2D eigenvalue weighted by molar-refractivity contribution is -0.120. The molecule has 0 fully saturated rings. The first kappa shape index (κ1) is 16.3. The zero-order valence-corrected chi connectivity index (χ0v) is 13.2. The Balaban J connectivity index is 1.90. The van der Waals surface area contributed by atoms with Crippen molar-refractivity contribution in [2.75, 3.05) is 11.9 Å². The summed E-state index contributed by atoms with van der Waals surface area (Å²) in [4.78, 5) is 12.0. The standard InChI is InChI=1S/C17H18ClFN2O/c1-11-15(18)4-3-5-16(11)20-10-17(22)21-12(2)13-6-8-14(19)9-7-13/h3-9,12,20H,10H2,1-2H3,(H,21,22). The van der Waals surface area contributed by atoms with E-state index in [-0.39, 0.29) is 24.3 Å². The molecule has 0 saturated heterocycles. The van der Waals surface area contributed by atoms with E-state index in [1.54, 1.807) is 18.2 Å². The van der Waals surface area contributed by atoms with Gasteiger partial charge in [0.2, 0.25) is 5.91 Å². The minimum atomic E-state index is -0.291. The molecule has 0 saturated carbocycles. The van der Waals surface area contributed by atoms with Crippen molar-refractivity contribution in [2.45, 2.75) is 19.9 Å². The maximum Gasteiger partial charge on any atom is 0.239 e. The first-order valence-electron chi connectivity index (χ1n) is 7.01. The Kier molecular flexibility index (Phi) is 5.39. The summed E-state index contributed by atoms with van der Waals surface area (Å²) < 4.78 is 12.9. The number of anilines is 1. The highest BCUT2D eigenvalue weighted by Crippen LogP contribution is 2.22. The van der Waals surface area contributed by atoms with Gasteiger partial charge in [-0.1, -0.05) is 29.8 Å². The van der Waals surface area contributed by atoms with Crippen LogP contribution in [0.15, 0.2) is 42.5 Å². The Hall–Kier alpha value is -2.07. The molecule has 0 spiro atoms. The number of halogens is 2. The van der Waals surface area contributed by atoms with Gasteiger partial charge >= 0.3 is 0 Å². The molecular weight excluding hydrogens is 303 g/mol. The first-order chi connectivity index (χ1) is 10.5. The predicted molar refractivity (Wildman–Crippen MR) is 87.6 cm³/mol. The Morgan fingerprint density at radius 3 is 2.59 bits per heavy atom. The van der Waals surface area contributed by atoms with Crippen LogP contribution in [0.4, 0.5) is 10.1 Å². The van der Waals surface area contributed by atoms with Crippen molar-refractivity contribution in [3.8, 4) is 0 Å². The van der Waals surface area contributed by atoms with Crippen LogP contribution in [0.1, 0.15) is 24.1 Å². The van der Waals surface area contributed by atoms with Crippen LogP contribution in [-0.2, 0) is 4.79 Å². The van der Waals surface area contributed by atoms with Crippen LogP contribution >= 0.6 is 11.6 Å². The molecule has 0 aliphatic carbocycles. The molecule has 0 heterocycles. The van der Waals surface area contributed by atoms with Crippen LogP contribution in [0.3, 0.4) is 0 Å². The molecular formula is C17H18ClFN2O. The third kappa shape index (κ3) is 4.21. The second-order valence-electron chi connectivity index (χ2n) is 5.11. The Morgan fingerprint density at radius 1 is 1.23 bits per heavy atom. The molecule has 0 aliphatic rings. The lowest BCUT2D eigenvalue weighted by atomic mass is 10.1. The molecule has 0 bridgehead atoms. The molecule has 22 heavy (non-hydrogen) atoms. The quantitative estimate of drug-likeness (QED) is 0.871. The molecule has 1 unspecified atom stereocenters. The van der Waals surface area contributed by atoms with Gasteiger partial charge in [-0.15, -0.1) is 0 Å². The molecule has 0 radical (unpaired) electrons. The SMILES string of the molecule is Cc1c(Cl)cccc1NCC(=O)NC(C)c1ccc(F)cc1. The molecule has 2 rings (SSSR count). The maximum absolute atomic E-state index is 12.9. The summed E-state index contributed by atoms with van der Waals surface area (Å²) in [6.07, 6.45) is 0. The number of nitrogens with one attached hydrogen (secondary N) is 2. The van der Waals surface area contributed by atoms with Crippen molar-refractivity contribution in [3.63, 3.8) is 0 Å². The summed E-state index contributed by atoms with van der Waals surface area (Å²) in [5.41, 5.74) is 2.59. The fraction of sp³-hybridized carbons (Fsp3) is 0.235. The van der Waals surface area contributed by atoms with Gasteiger partial charge in [0, 0.05) is 10.7 Å². The molecule has 3 nitrogen and oxygen atoms in total. The third-order valence-corrected chi connectivity index (χ3v) is 3.86. The van der Waals surface area contributed by atoms with Gasteiger partial charge in [-0.05, 0) is 49.2 Å². The van der Waals surface area contributed by atoms with Gasteiger partial charge in [-0.25, -0.2) is 4.39 Å². The van der Waals surface area contributed by atoms with Crippen molar-refractivity contribution in [3.05, 3.63) is 64.4 Å². The molecule has 2 aromatic rings. The minimum absolute atomic E-state index is 0.142. The van der Waals surface area contributed by atoms with Gasteiger partial charge in [0.05, 0.1) is 12.6 Å². The van der Waals surface area contributed by atoms with Crippen LogP contribution in [-0.4, -0.2) is 12.5 Å². The van der Waals surface area contributed by atoms with Gasteiger partial charge < -0.3 is 10.6 Å². The highest BCUT2D eigenvalue weighted by Gasteiger charge is 2.10. The maximum atomic E-state index is 12.9. The van der Waals surface area contributed by atoms with Crippen molar-refractivity contribution < 1.29 is 9.18 Å². The van der Waals surface area contributed by atoms with E-state index in [4.69, 9.17) is 11.6 Å². The molecule has 1 amide bonds. The normalized spacial score (nSPS) is 11.8. The van der Waals surface area contributed by atoms with Gasteiger partial charge in [-0.2, -0.15) is 0 Å². The highest BCUT2D eigenvalue weighted by molar-refractivity contribution is 6.31. The van der Waals surface area contributed by atoms with E-state index in [1.165, 1.54) is 12.1 Å². The summed E-state index contributed by atoms with van der Waals surface area (Å²) in [6, 6.07) is 11.4. The number of hydrogen-bond acceptors (Lipinski definition) is 2. The summed E-state index contributed by atoms with van der Waals surface area (Å²) in [5, 5.41) is 6.58. The van der Waals surface area contributed by atoms with Gasteiger partial charge in [0.1, 0.15) is 5.82 Å². The van der Waals surface area contributed by atoms with E-state index < -0.39 is 0 Å². The van der Waals surface area contributed by atoms with Crippen LogP contribution in [0.25, 0.3) is 0 Å². The number of hydrogen-bond donors (Lipinski definition) is 2. The Morgan fingerprint density at radius 2 is 1.91 bits per heavy atom. The fourth-order valence-electron chi connectivity index (χ4n) is 2.10. The van der Waals surface area contributed by atoms with Gasteiger partial charge in [-0.3, -0.25) is 4.79 Å². The molecule has 116 valence electrons. The van der Waals surface area contributed by atoms with Crippen molar-refractivity contribution in [2.24, 2.45) is 0 Å². The van der Waals surface area contributed by atoms with E-state index in [1.807, 2.05) is 26.0 Å². The molecule has 0 aromatic heterocycles. The second-order valence-corrected chi connectivity index (χ2v) is 5.51. The summed E-state index contributed by atoms with van der Waals surface area (Å²) in [5.74, 6) is -0.434. The zero-order valence-electron chi connectivity index (χ0n) is 12.5. The Labute approximate surface area is 134 Å².